The maximum Gasteiger partial charge on any atom is 0.0760 e. The molecule has 2 N–H and O–H groups in total. The molecule has 2 aromatic rings. The van der Waals surface area contributed by atoms with Gasteiger partial charge in [-0.25, -0.2) is 0 Å². The van der Waals surface area contributed by atoms with Crippen LogP contribution in [0.15, 0.2) is 24.3 Å². The molecule has 0 atom stereocenters. The van der Waals surface area contributed by atoms with Crippen molar-refractivity contribution in [2.24, 2.45) is 0 Å². The van der Waals surface area contributed by atoms with Crippen LogP contribution in [0.3, 0.4) is 0 Å². The van der Waals surface area contributed by atoms with E-state index in [1.165, 1.54) is 5.56 Å². The maximum absolute atomic E-state index is 6.12. The second-order valence-corrected chi connectivity index (χ2v) is 5.19. The van der Waals surface area contributed by atoms with Crippen LogP contribution < -0.4 is 5.73 Å². The molecule has 17 heavy (non-hydrogen) atoms. The highest BCUT2D eigenvalue weighted by Crippen LogP contribution is 2.29. The number of para-hydroxylation sites is 1. The van der Waals surface area contributed by atoms with Crippen molar-refractivity contribution in [3.63, 3.8) is 0 Å². The van der Waals surface area contributed by atoms with E-state index in [0.717, 1.165) is 22.3 Å². The Hall–Kier alpha value is -1.57. The fourth-order valence-electron chi connectivity index (χ4n) is 2.08. The number of nitrogens with two attached hydrogens (primary N) is 1. The highest BCUT2D eigenvalue weighted by atomic mass is 14.7. The zero-order chi connectivity index (χ0) is 12.6. The van der Waals surface area contributed by atoms with Crippen LogP contribution in [0.1, 0.15) is 50.8 Å². The van der Waals surface area contributed by atoms with E-state index in [0.29, 0.717) is 11.8 Å². The van der Waals surface area contributed by atoms with Gasteiger partial charge in [0, 0.05) is 16.8 Å². The van der Waals surface area contributed by atoms with Crippen LogP contribution in [-0.4, -0.2) is 4.98 Å². The van der Waals surface area contributed by atoms with E-state index in [-0.39, 0.29) is 0 Å². The molecule has 1 heterocycles. The van der Waals surface area contributed by atoms with E-state index in [1.807, 2.05) is 12.1 Å². The summed E-state index contributed by atoms with van der Waals surface area (Å²) in [6.07, 6.45) is 0. The molecule has 0 bridgehead atoms. The van der Waals surface area contributed by atoms with E-state index in [4.69, 9.17) is 10.7 Å². The van der Waals surface area contributed by atoms with Gasteiger partial charge in [-0.05, 0) is 23.5 Å². The molecular formula is C15H20N2. The minimum absolute atomic E-state index is 0.405. The van der Waals surface area contributed by atoms with Crippen LogP contribution in [0.5, 0.6) is 0 Å². The number of nitrogen functional groups attached to an aromatic ring is 1. The molecule has 0 spiro atoms. The van der Waals surface area contributed by atoms with Gasteiger partial charge in [-0.3, -0.25) is 4.98 Å². The lowest BCUT2D eigenvalue weighted by atomic mass is 9.98. The summed E-state index contributed by atoms with van der Waals surface area (Å²) < 4.78 is 0. The Morgan fingerprint density at radius 3 is 2.35 bits per heavy atom. The summed E-state index contributed by atoms with van der Waals surface area (Å²) in [7, 11) is 0. The van der Waals surface area contributed by atoms with E-state index < -0.39 is 0 Å². The summed E-state index contributed by atoms with van der Waals surface area (Å²) in [5.74, 6) is 0.870. The third-order valence-corrected chi connectivity index (χ3v) is 3.14. The topological polar surface area (TPSA) is 38.9 Å². The van der Waals surface area contributed by atoms with Gasteiger partial charge < -0.3 is 5.73 Å². The fourth-order valence-corrected chi connectivity index (χ4v) is 2.08. The lowest BCUT2D eigenvalue weighted by Crippen LogP contribution is -2.00. The largest absolute Gasteiger partial charge is 0.398 e. The number of hydrogen-bond acceptors (Lipinski definition) is 2. The molecule has 0 fully saturated rings. The van der Waals surface area contributed by atoms with Crippen molar-refractivity contribution in [1.29, 1.82) is 0 Å². The van der Waals surface area contributed by atoms with Gasteiger partial charge in [0.25, 0.3) is 0 Å². The Kier molecular flexibility index (Phi) is 3.05. The van der Waals surface area contributed by atoms with Crippen molar-refractivity contribution in [2.45, 2.75) is 39.5 Å². The zero-order valence-corrected chi connectivity index (χ0v) is 11.0. The number of benzene rings is 1. The van der Waals surface area contributed by atoms with Crippen LogP contribution >= 0.6 is 0 Å². The molecule has 2 heteroatoms. The zero-order valence-electron chi connectivity index (χ0n) is 11.0. The number of hydrogen-bond donors (Lipinski definition) is 1. The molecule has 0 saturated carbocycles. The Morgan fingerprint density at radius 2 is 1.76 bits per heavy atom. The van der Waals surface area contributed by atoms with E-state index >= 15 is 0 Å². The molecular weight excluding hydrogens is 208 g/mol. The number of rotatable bonds is 2. The molecule has 1 aromatic heterocycles. The average Bonchev–Trinajstić information content (AvgIpc) is 2.27. The van der Waals surface area contributed by atoms with E-state index in [9.17, 15) is 0 Å². The Bertz CT molecular complexity index is 542. The number of aromatic nitrogens is 1. The highest BCUT2D eigenvalue weighted by Gasteiger charge is 2.11. The van der Waals surface area contributed by atoms with Crippen molar-refractivity contribution in [3.05, 3.63) is 35.5 Å². The smallest absolute Gasteiger partial charge is 0.0760 e. The number of nitrogens with zero attached hydrogens (tertiary/aromatic N) is 1. The summed E-state index contributed by atoms with van der Waals surface area (Å²) in [6, 6.07) is 8.25. The summed E-state index contributed by atoms with van der Waals surface area (Å²) in [5, 5.41) is 1.07. The first-order valence-electron chi connectivity index (χ1n) is 6.19. The normalized spacial score (nSPS) is 11.6. The summed E-state index contributed by atoms with van der Waals surface area (Å²) >= 11 is 0. The van der Waals surface area contributed by atoms with Crippen molar-refractivity contribution < 1.29 is 0 Å². The SMILES string of the molecule is CC(C)c1cc(N)c2cccc(C(C)C)c2n1. The molecule has 1 aromatic carbocycles. The van der Waals surface area contributed by atoms with Crippen LogP contribution in [0.4, 0.5) is 5.69 Å². The first kappa shape index (κ1) is 11.9. The second kappa shape index (κ2) is 4.36. The summed E-state index contributed by atoms with van der Waals surface area (Å²) in [6.45, 7) is 8.67. The molecule has 0 aliphatic rings. The van der Waals surface area contributed by atoms with Crippen LogP contribution in [0, 0.1) is 0 Å². The number of pyridine rings is 1. The molecule has 2 rings (SSSR count). The van der Waals surface area contributed by atoms with Gasteiger partial charge in [0.1, 0.15) is 0 Å². The van der Waals surface area contributed by atoms with Gasteiger partial charge in [-0.2, -0.15) is 0 Å². The Labute approximate surface area is 103 Å². The molecule has 0 radical (unpaired) electrons. The molecule has 0 aliphatic carbocycles. The summed E-state index contributed by atoms with van der Waals surface area (Å²) in [4.78, 5) is 4.78. The lowest BCUT2D eigenvalue weighted by Gasteiger charge is -2.13. The highest BCUT2D eigenvalue weighted by molar-refractivity contribution is 5.92. The standard InChI is InChI=1S/C15H20N2/c1-9(2)11-6-5-7-12-13(16)8-14(10(3)4)17-15(11)12/h5-10H,1-4H3,(H2,16,17). The molecule has 0 amide bonds. The third kappa shape index (κ3) is 2.12. The van der Waals surface area contributed by atoms with E-state index in [2.05, 4.69) is 39.8 Å². The van der Waals surface area contributed by atoms with Crippen LogP contribution in [-0.2, 0) is 0 Å². The van der Waals surface area contributed by atoms with Crippen LogP contribution in [0.2, 0.25) is 0 Å². The predicted octanol–water partition coefficient (Wildman–Crippen LogP) is 4.06. The second-order valence-electron chi connectivity index (χ2n) is 5.19. The lowest BCUT2D eigenvalue weighted by molar-refractivity contribution is 0.824. The molecule has 2 nitrogen and oxygen atoms in total. The first-order chi connectivity index (χ1) is 8.00. The molecule has 0 unspecified atom stereocenters. The minimum Gasteiger partial charge on any atom is -0.398 e. The Balaban J connectivity index is 2.78. The summed E-state index contributed by atoms with van der Waals surface area (Å²) in [5.41, 5.74) is 10.4. The van der Waals surface area contributed by atoms with Gasteiger partial charge in [-0.15, -0.1) is 0 Å². The maximum atomic E-state index is 6.12. The van der Waals surface area contributed by atoms with Crippen molar-refractivity contribution in [1.82, 2.24) is 4.98 Å². The van der Waals surface area contributed by atoms with Crippen molar-refractivity contribution in [2.75, 3.05) is 5.73 Å². The molecule has 0 aliphatic heterocycles. The Morgan fingerprint density at radius 1 is 1.06 bits per heavy atom. The number of anilines is 1. The fraction of sp³-hybridized carbons (Fsp3) is 0.400. The van der Waals surface area contributed by atoms with E-state index in [1.54, 1.807) is 0 Å². The van der Waals surface area contributed by atoms with Crippen molar-refractivity contribution in [3.8, 4) is 0 Å². The molecule has 0 saturated heterocycles. The quantitative estimate of drug-likeness (QED) is 0.841. The third-order valence-electron chi connectivity index (χ3n) is 3.14. The van der Waals surface area contributed by atoms with Gasteiger partial charge >= 0.3 is 0 Å². The van der Waals surface area contributed by atoms with Gasteiger partial charge in [0.05, 0.1) is 5.52 Å². The average molecular weight is 228 g/mol. The minimum atomic E-state index is 0.405. The van der Waals surface area contributed by atoms with Crippen molar-refractivity contribution >= 4 is 16.6 Å². The monoisotopic (exact) mass is 228 g/mol. The van der Waals surface area contributed by atoms with Gasteiger partial charge in [0.15, 0.2) is 0 Å². The van der Waals surface area contributed by atoms with Gasteiger partial charge in [-0.1, -0.05) is 45.9 Å². The number of fused-ring (bicyclic) bond motifs is 1. The first-order valence-corrected chi connectivity index (χ1v) is 6.19. The predicted molar refractivity (Wildman–Crippen MR) is 74.3 cm³/mol. The molecule has 90 valence electrons. The van der Waals surface area contributed by atoms with Crippen LogP contribution in [0.25, 0.3) is 10.9 Å². The van der Waals surface area contributed by atoms with Gasteiger partial charge in [0.2, 0.25) is 0 Å².